The van der Waals surface area contributed by atoms with Gasteiger partial charge in [0.15, 0.2) is 6.29 Å². The minimum Gasteiger partial charge on any atom is -0.379 e. The standard InChI is InChI=1S/C9H19NO3/c1-12-8-9(11)13-7-6-10-4-2-3-5-10/h9,11H,2-8H2,1H3. The van der Waals surface area contributed by atoms with Gasteiger partial charge < -0.3 is 19.5 Å². The molecule has 1 aliphatic rings. The molecule has 1 aliphatic heterocycles. The van der Waals surface area contributed by atoms with Gasteiger partial charge in [0.05, 0.1) is 13.2 Å². The van der Waals surface area contributed by atoms with Crippen molar-refractivity contribution < 1.29 is 14.6 Å². The Morgan fingerprint density at radius 2 is 2.08 bits per heavy atom. The number of hydrogen-bond donors (Lipinski definition) is 1. The fourth-order valence-corrected chi connectivity index (χ4v) is 1.51. The molecular weight excluding hydrogens is 170 g/mol. The van der Waals surface area contributed by atoms with Crippen molar-refractivity contribution in [2.75, 3.05) is 40.0 Å². The lowest BCUT2D eigenvalue weighted by atomic mass is 10.4. The van der Waals surface area contributed by atoms with Crippen molar-refractivity contribution in [3.63, 3.8) is 0 Å². The van der Waals surface area contributed by atoms with Gasteiger partial charge in [-0.2, -0.15) is 0 Å². The second-order valence-electron chi connectivity index (χ2n) is 3.33. The Morgan fingerprint density at radius 3 is 2.69 bits per heavy atom. The van der Waals surface area contributed by atoms with Crippen LogP contribution in [0.5, 0.6) is 0 Å². The van der Waals surface area contributed by atoms with Crippen LogP contribution in [0.2, 0.25) is 0 Å². The van der Waals surface area contributed by atoms with E-state index in [4.69, 9.17) is 14.6 Å². The lowest BCUT2D eigenvalue weighted by Crippen LogP contribution is -2.27. The zero-order valence-corrected chi connectivity index (χ0v) is 8.24. The lowest BCUT2D eigenvalue weighted by Gasteiger charge is -2.16. The largest absolute Gasteiger partial charge is 0.379 e. The Bertz CT molecular complexity index is 126. The number of hydrogen-bond acceptors (Lipinski definition) is 4. The predicted octanol–water partition coefficient (Wildman–Crippen LogP) is 0.0636. The molecule has 1 heterocycles. The van der Waals surface area contributed by atoms with Gasteiger partial charge in [-0.15, -0.1) is 0 Å². The first-order valence-electron chi connectivity index (χ1n) is 4.84. The van der Waals surface area contributed by atoms with Gasteiger partial charge in [-0.3, -0.25) is 0 Å². The molecule has 4 nitrogen and oxygen atoms in total. The zero-order chi connectivity index (χ0) is 9.52. The van der Waals surface area contributed by atoms with Crippen LogP contribution in [0.25, 0.3) is 0 Å². The topological polar surface area (TPSA) is 41.9 Å². The van der Waals surface area contributed by atoms with Crippen molar-refractivity contribution in [2.45, 2.75) is 19.1 Å². The van der Waals surface area contributed by atoms with Crippen molar-refractivity contribution in [2.24, 2.45) is 0 Å². The highest BCUT2D eigenvalue weighted by Gasteiger charge is 2.11. The van der Waals surface area contributed by atoms with E-state index in [9.17, 15) is 0 Å². The van der Waals surface area contributed by atoms with E-state index in [1.165, 1.54) is 25.9 Å². The first kappa shape index (κ1) is 10.9. The van der Waals surface area contributed by atoms with Crippen molar-refractivity contribution in [1.29, 1.82) is 0 Å². The number of rotatable bonds is 6. The summed E-state index contributed by atoms with van der Waals surface area (Å²) in [7, 11) is 1.55. The average Bonchev–Trinajstić information content (AvgIpc) is 2.57. The fraction of sp³-hybridized carbons (Fsp3) is 1.00. The normalized spacial score (nSPS) is 20.8. The maximum absolute atomic E-state index is 9.16. The molecule has 4 heteroatoms. The van der Waals surface area contributed by atoms with Gasteiger partial charge in [-0.25, -0.2) is 0 Å². The van der Waals surface area contributed by atoms with Gasteiger partial charge in [0.25, 0.3) is 0 Å². The minimum atomic E-state index is -0.771. The average molecular weight is 189 g/mol. The quantitative estimate of drug-likeness (QED) is 0.600. The van der Waals surface area contributed by atoms with E-state index in [2.05, 4.69) is 4.90 Å². The monoisotopic (exact) mass is 189 g/mol. The molecule has 0 saturated carbocycles. The molecule has 1 N–H and O–H groups in total. The zero-order valence-electron chi connectivity index (χ0n) is 8.24. The van der Waals surface area contributed by atoms with Gasteiger partial charge in [0.1, 0.15) is 0 Å². The molecule has 78 valence electrons. The van der Waals surface area contributed by atoms with Gasteiger partial charge in [0.2, 0.25) is 0 Å². The van der Waals surface area contributed by atoms with Crippen LogP contribution in [0.15, 0.2) is 0 Å². The molecule has 13 heavy (non-hydrogen) atoms. The van der Waals surface area contributed by atoms with Crippen LogP contribution in [0.4, 0.5) is 0 Å². The molecule has 0 aliphatic carbocycles. The number of aliphatic hydroxyl groups excluding tert-OH is 1. The van der Waals surface area contributed by atoms with Crippen LogP contribution in [-0.2, 0) is 9.47 Å². The molecule has 0 spiro atoms. The summed E-state index contributed by atoms with van der Waals surface area (Å²) < 4.78 is 9.87. The summed E-state index contributed by atoms with van der Waals surface area (Å²) in [5.41, 5.74) is 0. The number of methoxy groups -OCH3 is 1. The van der Waals surface area contributed by atoms with Crippen molar-refractivity contribution in [1.82, 2.24) is 4.90 Å². The van der Waals surface area contributed by atoms with Crippen LogP contribution < -0.4 is 0 Å². The number of likely N-dealkylation sites (tertiary alicyclic amines) is 1. The van der Waals surface area contributed by atoms with Crippen molar-refractivity contribution in [3.05, 3.63) is 0 Å². The van der Waals surface area contributed by atoms with Gasteiger partial charge in [-0.05, 0) is 25.9 Å². The molecular formula is C9H19NO3. The SMILES string of the molecule is COCC(O)OCCN1CCCC1. The summed E-state index contributed by atoms with van der Waals surface area (Å²) in [5, 5.41) is 9.16. The Kier molecular flexibility index (Phi) is 5.31. The molecule has 1 atom stereocenters. The molecule has 1 unspecified atom stereocenters. The van der Waals surface area contributed by atoms with Crippen molar-refractivity contribution >= 4 is 0 Å². The lowest BCUT2D eigenvalue weighted by molar-refractivity contribution is -0.133. The van der Waals surface area contributed by atoms with Gasteiger partial charge in [-0.1, -0.05) is 0 Å². The summed E-state index contributed by atoms with van der Waals surface area (Å²) in [6, 6.07) is 0. The van der Waals surface area contributed by atoms with E-state index in [1.54, 1.807) is 7.11 Å². The van der Waals surface area contributed by atoms with E-state index < -0.39 is 6.29 Å². The highest BCUT2D eigenvalue weighted by Crippen LogP contribution is 2.06. The van der Waals surface area contributed by atoms with E-state index in [0.717, 1.165) is 6.54 Å². The van der Waals surface area contributed by atoms with E-state index in [0.29, 0.717) is 6.61 Å². The number of ether oxygens (including phenoxy) is 2. The van der Waals surface area contributed by atoms with Crippen LogP contribution in [0.3, 0.4) is 0 Å². The fourth-order valence-electron chi connectivity index (χ4n) is 1.51. The molecule has 0 bridgehead atoms. The van der Waals surface area contributed by atoms with E-state index in [1.807, 2.05) is 0 Å². The third-order valence-electron chi connectivity index (χ3n) is 2.23. The molecule has 0 aromatic rings. The number of aliphatic hydroxyl groups is 1. The van der Waals surface area contributed by atoms with E-state index >= 15 is 0 Å². The smallest absolute Gasteiger partial charge is 0.178 e. The molecule has 0 amide bonds. The summed E-state index contributed by atoms with van der Waals surface area (Å²) in [4.78, 5) is 2.35. The molecule has 0 aromatic carbocycles. The van der Waals surface area contributed by atoms with Crippen LogP contribution >= 0.6 is 0 Å². The maximum atomic E-state index is 9.16. The minimum absolute atomic E-state index is 0.250. The van der Waals surface area contributed by atoms with Gasteiger partial charge >= 0.3 is 0 Å². The summed E-state index contributed by atoms with van der Waals surface area (Å²) >= 11 is 0. The first-order chi connectivity index (χ1) is 6.33. The molecule has 1 saturated heterocycles. The second kappa shape index (κ2) is 6.32. The maximum Gasteiger partial charge on any atom is 0.178 e. The van der Waals surface area contributed by atoms with Crippen LogP contribution in [-0.4, -0.2) is 56.3 Å². The molecule has 0 aromatic heterocycles. The van der Waals surface area contributed by atoms with Crippen LogP contribution in [0.1, 0.15) is 12.8 Å². The van der Waals surface area contributed by atoms with Gasteiger partial charge in [0, 0.05) is 13.7 Å². The Balaban J connectivity index is 1.93. The highest BCUT2D eigenvalue weighted by atomic mass is 16.6. The predicted molar refractivity (Wildman–Crippen MR) is 49.5 cm³/mol. The summed E-state index contributed by atoms with van der Waals surface area (Å²) in [6.07, 6.45) is 1.81. The molecule has 0 radical (unpaired) electrons. The third-order valence-corrected chi connectivity index (χ3v) is 2.23. The third kappa shape index (κ3) is 4.57. The molecule has 1 fully saturated rings. The summed E-state index contributed by atoms with van der Waals surface area (Å²) in [5.74, 6) is 0. The van der Waals surface area contributed by atoms with Crippen molar-refractivity contribution in [3.8, 4) is 0 Å². The van der Waals surface area contributed by atoms with Crippen LogP contribution in [0, 0.1) is 0 Å². The second-order valence-corrected chi connectivity index (χ2v) is 3.33. The Hall–Kier alpha value is -0.160. The highest BCUT2D eigenvalue weighted by molar-refractivity contribution is 4.65. The summed E-state index contributed by atoms with van der Waals surface area (Å²) in [6.45, 7) is 4.10. The number of nitrogens with zero attached hydrogens (tertiary/aromatic N) is 1. The Morgan fingerprint density at radius 1 is 1.38 bits per heavy atom. The Labute approximate surface area is 79.4 Å². The first-order valence-corrected chi connectivity index (χ1v) is 4.84. The molecule has 1 rings (SSSR count). The van der Waals surface area contributed by atoms with E-state index in [-0.39, 0.29) is 6.61 Å².